The summed E-state index contributed by atoms with van der Waals surface area (Å²) in [5.41, 5.74) is 0.675. The normalized spacial score (nSPS) is 11.8. The Kier molecular flexibility index (Phi) is 3.97. The molecule has 0 amide bonds. The van der Waals surface area contributed by atoms with Gasteiger partial charge in [0.2, 0.25) is 5.82 Å². The van der Waals surface area contributed by atoms with Gasteiger partial charge in [-0.05, 0) is 31.2 Å². The van der Waals surface area contributed by atoms with Crippen LogP contribution in [0.4, 0.5) is 8.78 Å². The van der Waals surface area contributed by atoms with Gasteiger partial charge in [0.15, 0.2) is 11.6 Å². The number of hydrogen-bond acceptors (Lipinski definition) is 3. The molecule has 102 valence electrons. The zero-order valence-electron chi connectivity index (χ0n) is 10.6. The highest BCUT2D eigenvalue weighted by Crippen LogP contribution is 2.32. The van der Waals surface area contributed by atoms with Crippen LogP contribution in [0.2, 0.25) is 0 Å². The first-order chi connectivity index (χ1) is 9.52. The van der Waals surface area contributed by atoms with Crippen LogP contribution in [0, 0.1) is 23.0 Å². The lowest BCUT2D eigenvalue weighted by Crippen LogP contribution is -1.98. The molecule has 20 heavy (non-hydrogen) atoms. The molecular formula is C15H11F2NO2. The van der Waals surface area contributed by atoms with Crippen LogP contribution in [0.3, 0.4) is 0 Å². The van der Waals surface area contributed by atoms with Crippen LogP contribution in [0.5, 0.6) is 11.5 Å². The van der Waals surface area contributed by atoms with E-state index in [1.807, 2.05) is 6.07 Å². The molecule has 1 atom stereocenters. The molecule has 0 bridgehead atoms. The number of aliphatic hydroxyl groups is 1. The molecule has 0 spiro atoms. The Labute approximate surface area is 114 Å². The van der Waals surface area contributed by atoms with Crippen molar-refractivity contribution < 1.29 is 18.6 Å². The number of aliphatic hydroxyl groups excluding tert-OH is 1. The van der Waals surface area contributed by atoms with Crippen molar-refractivity contribution >= 4 is 0 Å². The monoisotopic (exact) mass is 275 g/mol. The predicted octanol–water partition coefficient (Wildman–Crippen LogP) is 3.68. The van der Waals surface area contributed by atoms with E-state index >= 15 is 0 Å². The van der Waals surface area contributed by atoms with Crippen molar-refractivity contribution in [3.8, 4) is 17.6 Å². The standard InChI is InChI=1S/C15H11F2NO2/c1-9(19)11-6-5-10(8-18)7-14(11)20-13-4-2-3-12(16)15(13)17/h2-7,9,19H,1H3/t9-/m1/s1. The minimum atomic E-state index is -1.12. The third-order valence-electron chi connectivity index (χ3n) is 2.73. The molecule has 0 aliphatic rings. The third-order valence-corrected chi connectivity index (χ3v) is 2.73. The Morgan fingerprint density at radius 3 is 2.60 bits per heavy atom. The largest absolute Gasteiger partial charge is 0.454 e. The molecule has 0 saturated heterocycles. The maximum atomic E-state index is 13.6. The van der Waals surface area contributed by atoms with E-state index < -0.39 is 17.7 Å². The number of nitrogens with zero attached hydrogens (tertiary/aromatic N) is 1. The molecule has 0 aliphatic carbocycles. The maximum absolute atomic E-state index is 13.6. The predicted molar refractivity (Wildman–Crippen MR) is 68.2 cm³/mol. The summed E-state index contributed by atoms with van der Waals surface area (Å²) < 4.78 is 32.0. The molecule has 5 heteroatoms. The zero-order valence-corrected chi connectivity index (χ0v) is 10.6. The number of benzene rings is 2. The topological polar surface area (TPSA) is 53.2 Å². The fourth-order valence-corrected chi connectivity index (χ4v) is 1.72. The Morgan fingerprint density at radius 1 is 1.20 bits per heavy atom. The summed E-state index contributed by atoms with van der Waals surface area (Å²) in [6, 6.07) is 9.86. The van der Waals surface area contributed by atoms with Gasteiger partial charge in [-0.2, -0.15) is 9.65 Å². The summed E-state index contributed by atoms with van der Waals surface area (Å²) in [5.74, 6) is -2.34. The van der Waals surface area contributed by atoms with Gasteiger partial charge < -0.3 is 9.84 Å². The second-order valence-electron chi connectivity index (χ2n) is 4.19. The number of nitriles is 1. The van der Waals surface area contributed by atoms with E-state index in [1.54, 1.807) is 0 Å². The maximum Gasteiger partial charge on any atom is 0.201 e. The lowest BCUT2D eigenvalue weighted by atomic mass is 10.1. The Morgan fingerprint density at radius 2 is 1.95 bits per heavy atom. The summed E-state index contributed by atoms with van der Waals surface area (Å²) in [7, 11) is 0. The molecule has 0 aromatic heterocycles. The SMILES string of the molecule is C[C@@H](O)c1ccc(C#N)cc1Oc1cccc(F)c1F. The van der Waals surface area contributed by atoms with Gasteiger partial charge in [0.05, 0.1) is 17.7 Å². The molecule has 0 saturated carbocycles. The minimum Gasteiger partial charge on any atom is -0.454 e. The summed E-state index contributed by atoms with van der Waals surface area (Å²) in [6.07, 6.45) is -0.866. The first-order valence-corrected chi connectivity index (χ1v) is 5.87. The molecule has 3 nitrogen and oxygen atoms in total. The number of hydrogen-bond donors (Lipinski definition) is 1. The van der Waals surface area contributed by atoms with E-state index in [-0.39, 0.29) is 11.5 Å². The van der Waals surface area contributed by atoms with Gasteiger partial charge in [0, 0.05) is 5.56 Å². The molecule has 2 aromatic carbocycles. The Balaban J connectivity index is 2.46. The molecule has 0 aliphatic heterocycles. The molecule has 0 heterocycles. The van der Waals surface area contributed by atoms with Crippen molar-refractivity contribution in [2.75, 3.05) is 0 Å². The number of rotatable bonds is 3. The van der Waals surface area contributed by atoms with Gasteiger partial charge in [-0.15, -0.1) is 0 Å². The molecule has 2 aromatic rings. The van der Waals surface area contributed by atoms with Crippen LogP contribution in [0.15, 0.2) is 36.4 Å². The van der Waals surface area contributed by atoms with Gasteiger partial charge in [0.1, 0.15) is 5.75 Å². The van der Waals surface area contributed by atoms with Crippen molar-refractivity contribution in [2.24, 2.45) is 0 Å². The van der Waals surface area contributed by atoms with E-state index in [9.17, 15) is 13.9 Å². The van der Waals surface area contributed by atoms with Crippen molar-refractivity contribution in [1.82, 2.24) is 0 Å². The molecular weight excluding hydrogens is 264 g/mol. The highest BCUT2D eigenvalue weighted by molar-refractivity contribution is 5.45. The molecule has 1 N–H and O–H groups in total. The molecule has 0 radical (unpaired) electrons. The van der Waals surface area contributed by atoms with E-state index in [0.29, 0.717) is 11.1 Å². The first-order valence-electron chi connectivity index (χ1n) is 5.87. The second kappa shape index (κ2) is 5.68. The van der Waals surface area contributed by atoms with Crippen LogP contribution in [0.25, 0.3) is 0 Å². The zero-order chi connectivity index (χ0) is 14.7. The average Bonchev–Trinajstić information content (AvgIpc) is 2.43. The average molecular weight is 275 g/mol. The Hall–Kier alpha value is -2.45. The van der Waals surface area contributed by atoms with Gasteiger partial charge in [0.25, 0.3) is 0 Å². The van der Waals surface area contributed by atoms with Crippen molar-refractivity contribution in [2.45, 2.75) is 13.0 Å². The number of ether oxygens (including phenoxy) is 1. The molecule has 0 unspecified atom stereocenters. The van der Waals surface area contributed by atoms with Gasteiger partial charge >= 0.3 is 0 Å². The smallest absolute Gasteiger partial charge is 0.201 e. The summed E-state index contributed by atoms with van der Waals surface area (Å²) in [6.45, 7) is 1.51. The van der Waals surface area contributed by atoms with Crippen LogP contribution in [0.1, 0.15) is 24.2 Å². The van der Waals surface area contributed by atoms with Crippen LogP contribution >= 0.6 is 0 Å². The molecule has 0 fully saturated rings. The lowest BCUT2D eigenvalue weighted by molar-refractivity contribution is 0.195. The fraction of sp³-hybridized carbons (Fsp3) is 0.133. The van der Waals surface area contributed by atoms with Crippen molar-refractivity contribution in [3.05, 3.63) is 59.2 Å². The van der Waals surface area contributed by atoms with Crippen LogP contribution in [-0.4, -0.2) is 5.11 Å². The summed E-state index contributed by atoms with van der Waals surface area (Å²) in [5, 5.41) is 18.5. The van der Waals surface area contributed by atoms with Gasteiger partial charge in [-0.3, -0.25) is 0 Å². The minimum absolute atomic E-state index is 0.114. The van der Waals surface area contributed by atoms with Crippen molar-refractivity contribution in [1.29, 1.82) is 5.26 Å². The quantitative estimate of drug-likeness (QED) is 0.929. The first kappa shape index (κ1) is 14.0. The third kappa shape index (κ3) is 2.76. The van der Waals surface area contributed by atoms with Gasteiger partial charge in [-0.25, -0.2) is 4.39 Å². The highest BCUT2D eigenvalue weighted by Gasteiger charge is 2.15. The molecule has 2 rings (SSSR count). The van der Waals surface area contributed by atoms with E-state index in [2.05, 4.69) is 0 Å². The number of halogens is 2. The fourth-order valence-electron chi connectivity index (χ4n) is 1.72. The van der Waals surface area contributed by atoms with E-state index in [1.165, 1.54) is 37.3 Å². The van der Waals surface area contributed by atoms with Crippen LogP contribution in [-0.2, 0) is 0 Å². The van der Waals surface area contributed by atoms with E-state index in [4.69, 9.17) is 10.00 Å². The Bertz CT molecular complexity index is 678. The highest BCUT2D eigenvalue weighted by atomic mass is 19.2. The second-order valence-corrected chi connectivity index (χ2v) is 4.19. The van der Waals surface area contributed by atoms with E-state index in [0.717, 1.165) is 6.07 Å². The lowest BCUT2D eigenvalue weighted by Gasteiger charge is -2.14. The van der Waals surface area contributed by atoms with Crippen molar-refractivity contribution in [3.63, 3.8) is 0 Å². The van der Waals surface area contributed by atoms with Gasteiger partial charge in [-0.1, -0.05) is 12.1 Å². The summed E-state index contributed by atoms with van der Waals surface area (Å²) in [4.78, 5) is 0. The van der Waals surface area contributed by atoms with Crippen LogP contribution < -0.4 is 4.74 Å². The summed E-state index contributed by atoms with van der Waals surface area (Å²) >= 11 is 0.